The number of nitrogens with zero attached hydrogens (tertiary/aromatic N) is 1. The molecule has 0 heterocycles. The second-order valence-corrected chi connectivity index (χ2v) is 5.13. The number of unbranched alkanes of at least 4 members (excludes halogenated alkanes) is 1. The van der Waals surface area contributed by atoms with Crippen LogP contribution in [-0.2, 0) is 9.47 Å². The number of ether oxygens (including phenoxy) is 2. The molecule has 0 amide bonds. The van der Waals surface area contributed by atoms with Gasteiger partial charge >= 0.3 is 0 Å². The van der Waals surface area contributed by atoms with Crippen LogP contribution in [0.2, 0.25) is 0 Å². The maximum absolute atomic E-state index is 9.20. The van der Waals surface area contributed by atoms with E-state index in [1.165, 1.54) is 12.8 Å². The lowest BCUT2D eigenvalue weighted by Gasteiger charge is -2.23. The fourth-order valence-corrected chi connectivity index (χ4v) is 1.89. The maximum Gasteiger partial charge on any atom is 0.104 e. The van der Waals surface area contributed by atoms with Gasteiger partial charge in [0.05, 0.1) is 19.3 Å². The highest BCUT2D eigenvalue weighted by molar-refractivity contribution is 5.06. The zero-order chi connectivity index (χ0) is 13.3. The summed E-state index contributed by atoms with van der Waals surface area (Å²) in [6.45, 7) is 6.84. The first kappa shape index (κ1) is 15.4. The van der Waals surface area contributed by atoms with Gasteiger partial charge < -0.3 is 9.47 Å². The van der Waals surface area contributed by atoms with Crippen LogP contribution < -0.4 is 5.32 Å². The van der Waals surface area contributed by atoms with Crippen molar-refractivity contribution in [3.05, 3.63) is 0 Å². The van der Waals surface area contributed by atoms with E-state index < -0.39 is 0 Å². The quantitative estimate of drug-likeness (QED) is 0.575. The van der Waals surface area contributed by atoms with Crippen LogP contribution in [0.25, 0.3) is 0 Å². The minimum atomic E-state index is -0.355. The van der Waals surface area contributed by atoms with Crippen LogP contribution >= 0.6 is 0 Å². The summed E-state index contributed by atoms with van der Waals surface area (Å²) in [5.74, 6) is 0. The van der Waals surface area contributed by atoms with Gasteiger partial charge in [0.2, 0.25) is 0 Å². The number of nitrogens with one attached hydrogen (secondary N) is 1. The van der Waals surface area contributed by atoms with E-state index in [2.05, 4.69) is 11.4 Å². The van der Waals surface area contributed by atoms with E-state index in [9.17, 15) is 5.26 Å². The van der Waals surface area contributed by atoms with E-state index in [4.69, 9.17) is 9.47 Å². The number of hydrogen-bond donors (Lipinski definition) is 1. The average molecular weight is 254 g/mol. The maximum atomic E-state index is 9.20. The Morgan fingerprint density at radius 3 is 2.56 bits per heavy atom. The average Bonchev–Trinajstić information content (AvgIpc) is 3.16. The predicted molar refractivity (Wildman–Crippen MR) is 71.3 cm³/mol. The molecule has 1 aliphatic carbocycles. The van der Waals surface area contributed by atoms with Crippen molar-refractivity contribution in [2.75, 3.05) is 26.4 Å². The zero-order valence-corrected chi connectivity index (χ0v) is 11.7. The smallest absolute Gasteiger partial charge is 0.104 e. The predicted octanol–water partition coefficient (Wildman–Crippen LogP) is 2.24. The molecule has 0 spiro atoms. The first-order valence-corrected chi connectivity index (χ1v) is 7.04. The highest BCUT2D eigenvalue weighted by Gasteiger charge is 2.31. The summed E-state index contributed by atoms with van der Waals surface area (Å²) < 4.78 is 10.6. The third-order valence-electron chi connectivity index (χ3n) is 3.14. The van der Waals surface area contributed by atoms with Crippen molar-refractivity contribution in [2.45, 2.75) is 57.5 Å². The Labute approximate surface area is 111 Å². The Hall–Kier alpha value is -0.630. The van der Waals surface area contributed by atoms with Gasteiger partial charge in [-0.3, -0.25) is 5.32 Å². The lowest BCUT2D eigenvalue weighted by molar-refractivity contribution is 0.0509. The molecular formula is C14H26N2O2. The summed E-state index contributed by atoms with van der Waals surface area (Å²) in [5.41, 5.74) is -0.355. The summed E-state index contributed by atoms with van der Waals surface area (Å²) in [5, 5.41) is 12.6. The van der Waals surface area contributed by atoms with Gasteiger partial charge in [0.25, 0.3) is 0 Å². The Kier molecular flexibility index (Phi) is 7.26. The molecule has 0 aromatic carbocycles. The molecule has 1 atom stereocenters. The standard InChI is InChI=1S/C14H26N2O2/c1-3-17-10-11-18-9-5-4-8-14(2,12-15)16-13-6-7-13/h13,16H,3-11H2,1-2H3. The van der Waals surface area contributed by atoms with E-state index >= 15 is 0 Å². The van der Waals surface area contributed by atoms with E-state index in [1.807, 2.05) is 13.8 Å². The molecule has 104 valence electrons. The van der Waals surface area contributed by atoms with Gasteiger partial charge in [0.15, 0.2) is 0 Å². The molecule has 1 rings (SSSR count). The minimum absolute atomic E-state index is 0.355. The van der Waals surface area contributed by atoms with Gasteiger partial charge in [-0.1, -0.05) is 0 Å². The molecule has 0 bridgehead atoms. The molecule has 1 aliphatic rings. The molecule has 0 aliphatic heterocycles. The van der Waals surface area contributed by atoms with Crippen molar-refractivity contribution in [3.63, 3.8) is 0 Å². The number of nitriles is 1. The fraction of sp³-hybridized carbons (Fsp3) is 0.929. The van der Waals surface area contributed by atoms with Crippen LogP contribution in [0.3, 0.4) is 0 Å². The largest absolute Gasteiger partial charge is 0.379 e. The summed E-state index contributed by atoms with van der Waals surface area (Å²) in [6.07, 6.45) is 5.37. The van der Waals surface area contributed by atoms with Gasteiger partial charge in [-0.2, -0.15) is 5.26 Å². The van der Waals surface area contributed by atoms with Crippen molar-refractivity contribution in [2.24, 2.45) is 0 Å². The molecule has 0 saturated heterocycles. The van der Waals surface area contributed by atoms with Gasteiger partial charge in [0, 0.05) is 19.3 Å². The molecule has 4 heteroatoms. The Balaban J connectivity index is 1.96. The number of rotatable bonds is 11. The van der Waals surface area contributed by atoms with Crippen LogP contribution in [0.4, 0.5) is 0 Å². The molecule has 1 fully saturated rings. The third-order valence-corrected chi connectivity index (χ3v) is 3.14. The molecule has 1 N–H and O–H groups in total. The lowest BCUT2D eigenvalue weighted by atomic mass is 9.96. The summed E-state index contributed by atoms with van der Waals surface area (Å²) in [6, 6.07) is 2.98. The minimum Gasteiger partial charge on any atom is -0.379 e. The Bertz CT molecular complexity index is 261. The van der Waals surface area contributed by atoms with Gasteiger partial charge in [-0.05, 0) is 46.0 Å². The third kappa shape index (κ3) is 6.95. The van der Waals surface area contributed by atoms with Gasteiger partial charge in [-0.15, -0.1) is 0 Å². The first-order chi connectivity index (χ1) is 8.70. The van der Waals surface area contributed by atoms with Crippen molar-refractivity contribution in [3.8, 4) is 6.07 Å². The highest BCUT2D eigenvalue weighted by Crippen LogP contribution is 2.24. The SMILES string of the molecule is CCOCCOCCCCC(C)(C#N)NC1CC1. The van der Waals surface area contributed by atoms with Crippen LogP contribution in [0.5, 0.6) is 0 Å². The molecule has 0 aromatic heterocycles. The topological polar surface area (TPSA) is 54.3 Å². The van der Waals surface area contributed by atoms with Crippen LogP contribution in [0, 0.1) is 11.3 Å². The summed E-state index contributed by atoms with van der Waals surface area (Å²) >= 11 is 0. The molecule has 0 radical (unpaired) electrons. The molecule has 1 unspecified atom stereocenters. The molecular weight excluding hydrogens is 228 g/mol. The van der Waals surface area contributed by atoms with E-state index in [1.54, 1.807) is 0 Å². The molecule has 4 nitrogen and oxygen atoms in total. The normalized spacial score (nSPS) is 18.3. The van der Waals surface area contributed by atoms with Crippen LogP contribution in [-0.4, -0.2) is 38.0 Å². The second kappa shape index (κ2) is 8.47. The van der Waals surface area contributed by atoms with Gasteiger partial charge in [0.1, 0.15) is 5.54 Å². The Morgan fingerprint density at radius 1 is 1.22 bits per heavy atom. The Morgan fingerprint density at radius 2 is 1.94 bits per heavy atom. The highest BCUT2D eigenvalue weighted by atomic mass is 16.5. The van der Waals surface area contributed by atoms with Crippen molar-refractivity contribution in [1.82, 2.24) is 5.32 Å². The van der Waals surface area contributed by atoms with Crippen molar-refractivity contribution >= 4 is 0 Å². The lowest BCUT2D eigenvalue weighted by Crippen LogP contribution is -2.42. The van der Waals surface area contributed by atoms with Gasteiger partial charge in [-0.25, -0.2) is 0 Å². The zero-order valence-electron chi connectivity index (χ0n) is 11.7. The summed E-state index contributed by atoms with van der Waals surface area (Å²) in [4.78, 5) is 0. The van der Waals surface area contributed by atoms with Crippen LogP contribution in [0.15, 0.2) is 0 Å². The number of hydrogen-bond acceptors (Lipinski definition) is 4. The van der Waals surface area contributed by atoms with Crippen molar-refractivity contribution in [1.29, 1.82) is 5.26 Å². The molecule has 0 aromatic rings. The van der Waals surface area contributed by atoms with Crippen LogP contribution in [0.1, 0.15) is 46.0 Å². The molecule has 1 saturated carbocycles. The monoisotopic (exact) mass is 254 g/mol. The van der Waals surface area contributed by atoms with Crippen molar-refractivity contribution < 1.29 is 9.47 Å². The van der Waals surface area contributed by atoms with E-state index in [0.29, 0.717) is 19.3 Å². The molecule has 18 heavy (non-hydrogen) atoms. The first-order valence-electron chi connectivity index (χ1n) is 7.04. The summed E-state index contributed by atoms with van der Waals surface area (Å²) in [7, 11) is 0. The van der Waals surface area contributed by atoms with E-state index in [-0.39, 0.29) is 5.54 Å². The second-order valence-electron chi connectivity index (χ2n) is 5.13. The van der Waals surface area contributed by atoms with E-state index in [0.717, 1.165) is 32.5 Å². The fourth-order valence-electron chi connectivity index (χ4n) is 1.89.